The minimum absolute atomic E-state index is 0. The lowest BCUT2D eigenvalue weighted by atomic mass is 10.1. The van der Waals surface area contributed by atoms with Crippen molar-refractivity contribution in [1.82, 2.24) is 0 Å². The lowest BCUT2D eigenvalue weighted by molar-refractivity contribution is 0.344. The summed E-state index contributed by atoms with van der Waals surface area (Å²) in [5.41, 5.74) is 5.10. The Bertz CT molecular complexity index is 1120. The van der Waals surface area contributed by atoms with Gasteiger partial charge in [-0.05, 0) is 22.3 Å². The van der Waals surface area contributed by atoms with E-state index in [1.165, 1.54) is 22.3 Å². The summed E-state index contributed by atoms with van der Waals surface area (Å²) in [6, 6.07) is 41.6. The summed E-state index contributed by atoms with van der Waals surface area (Å²) in [6.07, 6.45) is 0. The Hall–Kier alpha value is -2.57. The zero-order chi connectivity index (χ0) is 24.2. The second-order valence-corrected chi connectivity index (χ2v) is 8.64. The van der Waals surface area contributed by atoms with Crippen LogP contribution in [0.1, 0.15) is 0 Å². The summed E-state index contributed by atoms with van der Waals surface area (Å²) < 4.78 is 55.6. The van der Waals surface area contributed by atoms with Crippen molar-refractivity contribution in [3.63, 3.8) is 0 Å². The molecular formula is C24H24MgO7S2. The number of benzene rings is 4. The molecular weight excluding hydrogens is 489 g/mol. The molecule has 0 aromatic heterocycles. The van der Waals surface area contributed by atoms with Crippen molar-refractivity contribution < 1.29 is 29.6 Å². The molecule has 0 bridgehead atoms. The number of hydrogen-bond acceptors (Lipinski definition) is 5. The van der Waals surface area contributed by atoms with Gasteiger partial charge in [-0.3, -0.25) is 9.11 Å². The average molecular weight is 513 g/mol. The van der Waals surface area contributed by atoms with Gasteiger partial charge in [-0.25, -0.2) is 0 Å². The highest BCUT2D eigenvalue weighted by atomic mass is 32.3. The fourth-order valence-corrected chi connectivity index (χ4v) is 3.50. The molecule has 7 nitrogen and oxygen atoms in total. The van der Waals surface area contributed by atoms with E-state index in [1.807, 2.05) is 24.3 Å². The van der Waals surface area contributed by atoms with Gasteiger partial charge in [-0.15, -0.1) is 3.63 Å². The van der Waals surface area contributed by atoms with E-state index in [0.29, 0.717) is 0 Å². The molecule has 0 radical (unpaired) electrons. The fourth-order valence-electron chi connectivity index (χ4n) is 2.63. The van der Waals surface area contributed by atoms with Crippen LogP contribution in [0.3, 0.4) is 0 Å². The summed E-state index contributed by atoms with van der Waals surface area (Å²) in [4.78, 5) is 0. The van der Waals surface area contributed by atoms with Crippen molar-refractivity contribution in [2.75, 3.05) is 0 Å². The van der Waals surface area contributed by atoms with Crippen LogP contribution in [0.15, 0.2) is 121 Å². The molecule has 2 N–H and O–H groups in total. The largest absolute Gasteiger partial charge is 0.413 e. The monoisotopic (exact) mass is 512 g/mol. The van der Waals surface area contributed by atoms with Gasteiger partial charge in [0.05, 0.1) is 0 Å². The lowest BCUT2D eigenvalue weighted by Gasteiger charge is -1.98. The highest BCUT2D eigenvalue weighted by molar-refractivity contribution is 7.94. The maximum absolute atomic E-state index is 9.44. The van der Waals surface area contributed by atoms with E-state index >= 15 is 0 Å². The third-order valence-electron chi connectivity index (χ3n) is 3.93. The average Bonchev–Trinajstić information content (AvgIpc) is 2.80. The Morgan fingerprint density at radius 2 is 0.588 bits per heavy atom. The van der Waals surface area contributed by atoms with Gasteiger partial charge < -0.3 is 0 Å². The van der Waals surface area contributed by atoms with Gasteiger partial charge in [0, 0.05) is 0 Å². The Morgan fingerprint density at radius 1 is 0.412 bits per heavy atom. The third-order valence-corrected chi connectivity index (χ3v) is 5.31. The van der Waals surface area contributed by atoms with Crippen LogP contribution in [0.5, 0.6) is 0 Å². The van der Waals surface area contributed by atoms with Crippen molar-refractivity contribution >= 4 is 43.9 Å². The predicted molar refractivity (Wildman–Crippen MR) is 136 cm³/mol. The molecule has 34 heavy (non-hydrogen) atoms. The molecule has 0 unspecified atom stereocenters. The van der Waals surface area contributed by atoms with Crippen LogP contribution in [0.4, 0.5) is 0 Å². The molecule has 0 atom stereocenters. The van der Waals surface area contributed by atoms with Gasteiger partial charge in [0.15, 0.2) is 0 Å². The molecule has 0 spiro atoms. The van der Waals surface area contributed by atoms with E-state index in [1.54, 1.807) is 0 Å². The first kappa shape index (κ1) is 29.5. The highest BCUT2D eigenvalue weighted by Crippen LogP contribution is 2.18. The van der Waals surface area contributed by atoms with Crippen molar-refractivity contribution in [1.29, 1.82) is 0 Å². The number of rotatable bonds is 4. The molecule has 0 fully saturated rings. The van der Waals surface area contributed by atoms with E-state index in [-0.39, 0.29) is 23.1 Å². The first-order chi connectivity index (χ1) is 15.6. The molecule has 0 saturated heterocycles. The SMILES string of the molecule is O=S(=O)(O)OS(=O)(=O)O.[MgH2].c1ccc(-c2ccccc2)cc1.c1ccc(-c2ccccc2)cc1. The third kappa shape index (κ3) is 12.6. The van der Waals surface area contributed by atoms with Crippen LogP contribution in [0.25, 0.3) is 22.3 Å². The van der Waals surface area contributed by atoms with Crippen molar-refractivity contribution in [3.8, 4) is 22.3 Å². The van der Waals surface area contributed by atoms with Crippen LogP contribution < -0.4 is 0 Å². The van der Waals surface area contributed by atoms with Gasteiger partial charge in [-0.2, -0.15) is 16.8 Å². The maximum atomic E-state index is 9.44. The van der Waals surface area contributed by atoms with Gasteiger partial charge in [-0.1, -0.05) is 121 Å². The molecule has 0 saturated carbocycles. The molecule has 0 aliphatic heterocycles. The zero-order valence-electron chi connectivity index (χ0n) is 17.3. The lowest BCUT2D eigenvalue weighted by Crippen LogP contribution is -2.10. The first-order valence-corrected chi connectivity index (χ1v) is 12.2. The zero-order valence-corrected chi connectivity index (χ0v) is 18.9. The molecule has 0 heterocycles. The van der Waals surface area contributed by atoms with Crippen LogP contribution >= 0.6 is 0 Å². The van der Waals surface area contributed by atoms with E-state index in [9.17, 15) is 16.8 Å². The van der Waals surface area contributed by atoms with E-state index in [0.717, 1.165) is 0 Å². The smallest absolute Gasteiger partial charge is 0.263 e. The number of hydrogen-bond donors (Lipinski definition) is 2. The summed E-state index contributed by atoms with van der Waals surface area (Å²) >= 11 is 0. The van der Waals surface area contributed by atoms with Crippen molar-refractivity contribution in [2.45, 2.75) is 0 Å². The second-order valence-electron chi connectivity index (χ2n) is 6.39. The van der Waals surface area contributed by atoms with Crippen LogP contribution in [0.2, 0.25) is 0 Å². The fraction of sp³-hybridized carbons (Fsp3) is 0. The normalized spacial score (nSPS) is 10.4. The molecule has 176 valence electrons. The molecule has 4 aromatic rings. The molecule has 0 aliphatic rings. The standard InChI is InChI=1S/2C12H10.Mg.H2O7S2.2H/c2*1-3-7-11(8-4-1)12-9-5-2-6-10-12;;1-8(2,3)7-9(4,5)6;;/h2*1-10H;;(H,1,2,3)(H,4,5,6);;. The van der Waals surface area contributed by atoms with Crippen molar-refractivity contribution in [2.24, 2.45) is 0 Å². The van der Waals surface area contributed by atoms with Crippen LogP contribution in [0, 0.1) is 0 Å². The quantitative estimate of drug-likeness (QED) is 0.307. The van der Waals surface area contributed by atoms with Crippen LogP contribution in [-0.2, 0) is 24.4 Å². The molecule has 0 amide bonds. The van der Waals surface area contributed by atoms with Gasteiger partial charge in [0.2, 0.25) is 0 Å². The molecule has 4 rings (SSSR count). The summed E-state index contributed by atoms with van der Waals surface area (Å²) in [7, 11) is -10.2. The van der Waals surface area contributed by atoms with Gasteiger partial charge in [0.25, 0.3) is 0 Å². The highest BCUT2D eigenvalue weighted by Gasteiger charge is 2.15. The van der Waals surface area contributed by atoms with Gasteiger partial charge >= 0.3 is 43.9 Å². The first-order valence-electron chi connectivity index (χ1n) is 9.51. The van der Waals surface area contributed by atoms with Crippen LogP contribution in [-0.4, -0.2) is 49.0 Å². The summed E-state index contributed by atoms with van der Waals surface area (Å²) in [5, 5.41) is 0. The Morgan fingerprint density at radius 3 is 0.706 bits per heavy atom. The summed E-state index contributed by atoms with van der Waals surface area (Å²) in [6.45, 7) is 0. The van der Waals surface area contributed by atoms with E-state index in [2.05, 4.69) is 101 Å². The van der Waals surface area contributed by atoms with E-state index < -0.39 is 20.8 Å². The Balaban J connectivity index is 0.000000255. The van der Waals surface area contributed by atoms with E-state index in [4.69, 9.17) is 9.11 Å². The summed E-state index contributed by atoms with van der Waals surface area (Å²) in [5.74, 6) is 0. The molecule has 4 aromatic carbocycles. The molecule has 0 aliphatic carbocycles. The van der Waals surface area contributed by atoms with Gasteiger partial charge in [0.1, 0.15) is 0 Å². The maximum Gasteiger partial charge on any atom is 0.413 e. The minimum Gasteiger partial charge on any atom is -0.263 e. The van der Waals surface area contributed by atoms with Crippen molar-refractivity contribution in [3.05, 3.63) is 121 Å². The molecule has 10 heteroatoms. The Kier molecular flexibility index (Phi) is 12.7. The Labute approximate surface area is 216 Å². The second kappa shape index (κ2) is 14.6. The topological polar surface area (TPSA) is 118 Å². The predicted octanol–water partition coefficient (Wildman–Crippen LogP) is 4.40. The minimum atomic E-state index is -5.12.